The molecule has 0 spiro atoms. The zero-order chi connectivity index (χ0) is 11.9. The van der Waals surface area contributed by atoms with Gasteiger partial charge in [-0.3, -0.25) is 4.90 Å². The van der Waals surface area contributed by atoms with Crippen LogP contribution in [0.1, 0.15) is 25.3 Å². The van der Waals surface area contributed by atoms with Crippen molar-refractivity contribution in [2.75, 3.05) is 19.7 Å². The molecule has 1 N–H and O–H groups in total. The molecule has 2 rings (SSSR count). The second kappa shape index (κ2) is 6.74. The third kappa shape index (κ3) is 4.11. The van der Waals surface area contributed by atoms with Gasteiger partial charge in [-0.2, -0.15) is 5.48 Å². The van der Waals surface area contributed by atoms with Gasteiger partial charge < -0.3 is 4.84 Å². The Hall–Kier alpha value is -0.900. The maximum Gasteiger partial charge on any atom is 0.0679 e. The summed E-state index contributed by atoms with van der Waals surface area (Å²) >= 11 is 0. The van der Waals surface area contributed by atoms with E-state index in [1.165, 1.54) is 12.0 Å². The van der Waals surface area contributed by atoms with Crippen LogP contribution in [0.2, 0.25) is 0 Å². The monoisotopic (exact) mass is 234 g/mol. The number of nitrogens with one attached hydrogen (secondary N) is 1. The molecule has 3 nitrogen and oxygen atoms in total. The Morgan fingerprint density at radius 2 is 2.18 bits per heavy atom. The van der Waals surface area contributed by atoms with Crippen LogP contribution in [0.3, 0.4) is 0 Å². The van der Waals surface area contributed by atoms with Crippen molar-refractivity contribution in [2.45, 2.75) is 32.4 Å². The fourth-order valence-corrected chi connectivity index (χ4v) is 2.19. The van der Waals surface area contributed by atoms with E-state index in [1.807, 2.05) is 0 Å². The largest absolute Gasteiger partial charge is 0.302 e. The topological polar surface area (TPSA) is 24.5 Å². The molecule has 0 amide bonds. The summed E-state index contributed by atoms with van der Waals surface area (Å²) in [6.45, 7) is 6.21. The molecule has 1 fully saturated rings. The van der Waals surface area contributed by atoms with Gasteiger partial charge in [0.2, 0.25) is 0 Å². The lowest BCUT2D eigenvalue weighted by Crippen LogP contribution is -2.32. The van der Waals surface area contributed by atoms with Crippen LogP contribution in [0.25, 0.3) is 0 Å². The van der Waals surface area contributed by atoms with Crippen LogP contribution in [0.15, 0.2) is 30.3 Å². The molecule has 0 saturated carbocycles. The summed E-state index contributed by atoms with van der Waals surface area (Å²) in [6.07, 6.45) is 2.24. The molecule has 1 atom stereocenters. The zero-order valence-electron chi connectivity index (χ0n) is 10.6. The predicted octanol–water partition coefficient (Wildman–Crippen LogP) is 2.19. The first-order chi connectivity index (χ1) is 8.38. The summed E-state index contributed by atoms with van der Waals surface area (Å²) in [4.78, 5) is 7.86. The van der Waals surface area contributed by atoms with E-state index in [4.69, 9.17) is 4.84 Å². The summed E-state index contributed by atoms with van der Waals surface area (Å²) < 4.78 is 0. The van der Waals surface area contributed by atoms with E-state index in [-0.39, 0.29) is 0 Å². The molecule has 0 radical (unpaired) electrons. The number of hydrogen-bond donors (Lipinski definition) is 1. The zero-order valence-corrected chi connectivity index (χ0v) is 10.6. The second-order valence-electron chi connectivity index (χ2n) is 4.67. The first-order valence-electron chi connectivity index (χ1n) is 6.52. The molecule has 1 aliphatic rings. The molecule has 3 heteroatoms. The number of hydroxylamine groups is 1. The second-order valence-corrected chi connectivity index (χ2v) is 4.67. The van der Waals surface area contributed by atoms with Gasteiger partial charge in [0, 0.05) is 25.7 Å². The van der Waals surface area contributed by atoms with Crippen molar-refractivity contribution in [2.24, 2.45) is 0 Å². The minimum Gasteiger partial charge on any atom is -0.302 e. The minimum absolute atomic E-state index is 0.491. The van der Waals surface area contributed by atoms with Gasteiger partial charge >= 0.3 is 0 Å². The number of rotatable bonds is 6. The first kappa shape index (κ1) is 12.6. The SMILES string of the molecule is CCCONC1CCN(Cc2ccccc2)C1. The number of likely N-dealkylation sites (tertiary alicyclic amines) is 1. The smallest absolute Gasteiger partial charge is 0.0679 e. The van der Waals surface area contributed by atoms with Crippen LogP contribution in [0.5, 0.6) is 0 Å². The van der Waals surface area contributed by atoms with E-state index in [9.17, 15) is 0 Å². The Labute approximate surface area is 104 Å². The molecule has 1 saturated heterocycles. The van der Waals surface area contributed by atoms with Crippen molar-refractivity contribution < 1.29 is 4.84 Å². The van der Waals surface area contributed by atoms with E-state index in [0.29, 0.717) is 6.04 Å². The molecule has 0 aliphatic carbocycles. The Morgan fingerprint density at radius 1 is 1.35 bits per heavy atom. The standard InChI is InChI=1S/C14H22N2O/c1-2-10-17-15-14-8-9-16(12-14)11-13-6-4-3-5-7-13/h3-7,14-15H,2,8-12H2,1H3. The molecule has 1 unspecified atom stereocenters. The minimum atomic E-state index is 0.491. The summed E-state index contributed by atoms with van der Waals surface area (Å²) in [6, 6.07) is 11.1. The van der Waals surface area contributed by atoms with Gasteiger partial charge in [0.15, 0.2) is 0 Å². The Morgan fingerprint density at radius 3 is 2.94 bits per heavy atom. The molecule has 1 aliphatic heterocycles. The van der Waals surface area contributed by atoms with E-state index in [0.717, 1.165) is 32.7 Å². The molecule has 1 aromatic carbocycles. The van der Waals surface area contributed by atoms with E-state index < -0.39 is 0 Å². The molecule has 17 heavy (non-hydrogen) atoms. The van der Waals surface area contributed by atoms with E-state index in [1.54, 1.807) is 0 Å². The third-order valence-corrected chi connectivity index (χ3v) is 3.08. The van der Waals surface area contributed by atoms with Crippen LogP contribution in [0, 0.1) is 0 Å². The normalized spacial score (nSPS) is 20.9. The lowest BCUT2D eigenvalue weighted by molar-refractivity contribution is 0.0183. The van der Waals surface area contributed by atoms with Crippen molar-refractivity contribution in [1.82, 2.24) is 10.4 Å². The van der Waals surface area contributed by atoms with E-state index >= 15 is 0 Å². The highest BCUT2D eigenvalue weighted by molar-refractivity contribution is 5.14. The predicted molar refractivity (Wildman–Crippen MR) is 69.5 cm³/mol. The Kier molecular flexibility index (Phi) is 4.98. The fraction of sp³-hybridized carbons (Fsp3) is 0.571. The van der Waals surface area contributed by atoms with Gasteiger partial charge in [-0.1, -0.05) is 37.3 Å². The Balaban J connectivity index is 1.71. The van der Waals surface area contributed by atoms with Gasteiger partial charge in [-0.05, 0) is 18.4 Å². The molecular weight excluding hydrogens is 212 g/mol. The summed E-state index contributed by atoms with van der Waals surface area (Å²) in [5.74, 6) is 0. The van der Waals surface area contributed by atoms with Crippen molar-refractivity contribution in [3.05, 3.63) is 35.9 Å². The third-order valence-electron chi connectivity index (χ3n) is 3.08. The van der Waals surface area contributed by atoms with Gasteiger partial charge in [0.05, 0.1) is 6.61 Å². The molecule has 0 aromatic heterocycles. The number of nitrogens with zero attached hydrogens (tertiary/aromatic N) is 1. The average molecular weight is 234 g/mol. The van der Waals surface area contributed by atoms with Crippen LogP contribution in [-0.4, -0.2) is 30.6 Å². The molecule has 0 bridgehead atoms. The maximum absolute atomic E-state index is 5.39. The molecule has 1 aromatic rings. The van der Waals surface area contributed by atoms with Gasteiger partial charge in [-0.25, -0.2) is 0 Å². The Bertz CT molecular complexity index is 315. The van der Waals surface area contributed by atoms with Crippen molar-refractivity contribution in [3.63, 3.8) is 0 Å². The lowest BCUT2D eigenvalue weighted by Gasteiger charge is -2.16. The molecular formula is C14H22N2O. The van der Waals surface area contributed by atoms with Crippen LogP contribution < -0.4 is 5.48 Å². The fourth-order valence-electron chi connectivity index (χ4n) is 2.19. The highest BCUT2D eigenvalue weighted by Crippen LogP contribution is 2.13. The van der Waals surface area contributed by atoms with Crippen molar-refractivity contribution in [1.29, 1.82) is 0 Å². The number of hydrogen-bond acceptors (Lipinski definition) is 3. The van der Waals surface area contributed by atoms with Crippen LogP contribution in [-0.2, 0) is 11.4 Å². The number of benzene rings is 1. The maximum atomic E-state index is 5.39. The molecule has 1 heterocycles. The summed E-state index contributed by atoms with van der Waals surface area (Å²) in [5.41, 5.74) is 4.55. The lowest BCUT2D eigenvalue weighted by atomic mass is 10.2. The van der Waals surface area contributed by atoms with Crippen molar-refractivity contribution >= 4 is 0 Å². The van der Waals surface area contributed by atoms with Gasteiger partial charge in [0.1, 0.15) is 0 Å². The summed E-state index contributed by atoms with van der Waals surface area (Å²) in [7, 11) is 0. The summed E-state index contributed by atoms with van der Waals surface area (Å²) in [5, 5.41) is 0. The van der Waals surface area contributed by atoms with Gasteiger partial charge in [-0.15, -0.1) is 0 Å². The van der Waals surface area contributed by atoms with Crippen LogP contribution >= 0.6 is 0 Å². The van der Waals surface area contributed by atoms with Crippen LogP contribution in [0.4, 0.5) is 0 Å². The highest BCUT2D eigenvalue weighted by Gasteiger charge is 2.22. The van der Waals surface area contributed by atoms with Crippen molar-refractivity contribution in [3.8, 4) is 0 Å². The first-order valence-corrected chi connectivity index (χ1v) is 6.52. The molecule has 94 valence electrons. The average Bonchev–Trinajstić information content (AvgIpc) is 2.79. The van der Waals surface area contributed by atoms with Gasteiger partial charge in [0.25, 0.3) is 0 Å². The quantitative estimate of drug-likeness (QED) is 0.603. The van der Waals surface area contributed by atoms with E-state index in [2.05, 4.69) is 47.6 Å². The highest BCUT2D eigenvalue weighted by atomic mass is 16.6.